The first kappa shape index (κ1) is 21.1. The van der Waals surface area contributed by atoms with Crippen molar-refractivity contribution >= 4 is 29.1 Å². The van der Waals surface area contributed by atoms with E-state index in [4.69, 9.17) is 4.74 Å². The molecule has 1 amide bonds. The maximum Gasteiger partial charge on any atom is 0.242 e. The predicted molar refractivity (Wildman–Crippen MR) is 121 cm³/mol. The van der Waals surface area contributed by atoms with Gasteiger partial charge in [-0.2, -0.15) is 5.10 Å². The molecule has 0 spiro atoms. The van der Waals surface area contributed by atoms with Crippen LogP contribution in [-0.4, -0.2) is 34.5 Å². The maximum atomic E-state index is 12.9. The molecule has 3 rings (SSSR count). The van der Waals surface area contributed by atoms with Crippen LogP contribution in [0.5, 0.6) is 5.75 Å². The Morgan fingerprint density at radius 1 is 1.17 bits per heavy atom. The summed E-state index contributed by atoms with van der Waals surface area (Å²) >= 11 is 1.51. The molecule has 1 aliphatic heterocycles. The maximum absolute atomic E-state index is 12.9. The molecule has 29 heavy (non-hydrogen) atoms. The molecule has 5 nitrogen and oxygen atoms in total. The Balaban J connectivity index is 1.81. The average Bonchev–Trinajstić information content (AvgIpc) is 2.99. The molecule has 152 valence electrons. The SMILES string of the molecule is CCC[C@H]1S/C(=N/N=C\c2ccc(C)cc2C)N(Cc2ccc(OC)cc2)C1=O. The zero-order chi connectivity index (χ0) is 20.8. The van der Waals surface area contributed by atoms with Gasteiger partial charge < -0.3 is 4.74 Å². The number of rotatable bonds is 7. The van der Waals surface area contributed by atoms with E-state index in [1.54, 1.807) is 18.2 Å². The number of carbonyl (C=O) groups is 1. The van der Waals surface area contributed by atoms with Gasteiger partial charge in [-0.3, -0.25) is 9.69 Å². The van der Waals surface area contributed by atoms with E-state index in [1.807, 2.05) is 30.3 Å². The van der Waals surface area contributed by atoms with Gasteiger partial charge in [-0.25, -0.2) is 0 Å². The molecular formula is C23H27N3O2S. The van der Waals surface area contributed by atoms with Gasteiger partial charge in [0.05, 0.1) is 25.1 Å². The highest BCUT2D eigenvalue weighted by molar-refractivity contribution is 8.15. The molecule has 1 fully saturated rings. The van der Waals surface area contributed by atoms with Crippen LogP contribution in [0.2, 0.25) is 0 Å². The van der Waals surface area contributed by atoms with Crippen LogP contribution in [0.4, 0.5) is 0 Å². The molecular weight excluding hydrogens is 382 g/mol. The minimum atomic E-state index is -0.0895. The number of amidine groups is 1. The topological polar surface area (TPSA) is 54.3 Å². The van der Waals surface area contributed by atoms with Crippen molar-refractivity contribution in [2.24, 2.45) is 10.2 Å². The van der Waals surface area contributed by atoms with Crippen molar-refractivity contribution < 1.29 is 9.53 Å². The normalized spacial score (nSPS) is 18.2. The van der Waals surface area contributed by atoms with E-state index in [9.17, 15) is 4.79 Å². The summed E-state index contributed by atoms with van der Waals surface area (Å²) in [5.41, 5.74) is 4.43. The van der Waals surface area contributed by atoms with Gasteiger partial charge in [0.15, 0.2) is 5.17 Å². The number of aryl methyl sites for hydroxylation is 2. The smallest absolute Gasteiger partial charge is 0.242 e. The minimum Gasteiger partial charge on any atom is -0.497 e. The summed E-state index contributed by atoms with van der Waals surface area (Å²) in [5.74, 6) is 0.903. The lowest BCUT2D eigenvalue weighted by molar-refractivity contribution is -0.126. The summed E-state index contributed by atoms with van der Waals surface area (Å²) in [5, 5.41) is 9.26. The Hall–Kier alpha value is -2.60. The quantitative estimate of drug-likeness (QED) is 0.480. The number of hydrogen-bond acceptors (Lipinski definition) is 5. The lowest BCUT2D eigenvalue weighted by atomic mass is 10.1. The molecule has 0 unspecified atom stereocenters. The number of nitrogens with zero attached hydrogens (tertiary/aromatic N) is 3. The van der Waals surface area contributed by atoms with E-state index in [-0.39, 0.29) is 11.2 Å². The highest BCUT2D eigenvalue weighted by atomic mass is 32.2. The number of amides is 1. The van der Waals surface area contributed by atoms with Crippen molar-refractivity contribution in [3.63, 3.8) is 0 Å². The van der Waals surface area contributed by atoms with Gasteiger partial charge in [-0.15, -0.1) is 5.10 Å². The van der Waals surface area contributed by atoms with E-state index in [0.29, 0.717) is 11.7 Å². The summed E-state index contributed by atoms with van der Waals surface area (Å²) in [6.07, 6.45) is 3.55. The third-order valence-corrected chi connectivity index (χ3v) is 6.07. The second-order valence-electron chi connectivity index (χ2n) is 7.15. The number of methoxy groups -OCH3 is 1. The third kappa shape index (κ3) is 5.26. The van der Waals surface area contributed by atoms with Crippen molar-refractivity contribution in [1.29, 1.82) is 0 Å². The molecule has 2 aromatic rings. The van der Waals surface area contributed by atoms with Gasteiger partial charge in [-0.05, 0) is 49.1 Å². The minimum absolute atomic E-state index is 0.0895. The number of benzene rings is 2. The van der Waals surface area contributed by atoms with Crippen molar-refractivity contribution in [3.05, 3.63) is 64.7 Å². The van der Waals surface area contributed by atoms with E-state index in [2.05, 4.69) is 43.1 Å². The molecule has 0 aromatic heterocycles. The predicted octanol–water partition coefficient (Wildman–Crippen LogP) is 4.95. The molecule has 0 bridgehead atoms. The first-order valence-electron chi connectivity index (χ1n) is 9.81. The highest BCUT2D eigenvalue weighted by Gasteiger charge is 2.37. The van der Waals surface area contributed by atoms with E-state index in [0.717, 1.165) is 35.3 Å². The summed E-state index contributed by atoms with van der Waals surface area (Å²) in [6.45, 7) is 6.70. The zero-order valence-corrected chi connectivity index (χ0v) is 18.2. The first-order valence-corrected chi connectivity index (χ1v) is 10.7. The van der Waals surface area contributed by atoms with Gasteiger partial charge in [0.1, 0.15) is 5.75 Å². The van der Waals surface area contributed by atoms with Crippen molar-refractivity contribution in [3.8, 4) is 5.75 Å². The first-order chi connectivity index (χ1) is 14.0. The zero-order valence-electron chi connectivity index (χ0n) is 17.4. The van der Waals surface area contributed by atoms with Crippen LogP contribution >= 0.6 is 11.8 Å². The van der Waals surface area contributed by atoms with Gasteiger partial charge in [-0.1, -0.05) is 61.0 Å². The fourth-order valence-electron chi connectivity index (χ4n) is 3.20. The molecule has 2 aromatic carbocycles. The van der Waals surface area contributed by atoms with Crippen LogP contribution in [0.25, 0.3) is 0 Å². The van der Waals surface area contributed by atoms with Gasteiger partial charge in [0.25, 0.3) is 0 Å². The van der Waals surface area contributed by atoms with Gasteiger partial charge in [0, 0.05) is 0 Å². The number of carbonyl (C=O) groups excluding carboxylic acids is 1. The van der Waals surface area contributed by atoms with Crippen LogP contribution in [0.1, 0.15) is 42.0 Å². The third-order valence-electron chi connectivity index (χ3n) is 4.84. The molecule has 0 aliphatic carbocycles. The standard InChI is InChI=1S/C23H27N3O2S/c1-5-6-21-22(27)26(15-18-8-11-20(28-4)12-9-18)23(29-21)25-24-14-19-10-7-16(2)13-17(19)3/h7-14,21H,5-6,15H2,1-4H3/b24-14-,25-23+/t21-/m1/s1. The highest BCUT2D eigenvalue weighted by Crippen LogP contribution is 2.32. The average molecular weight is 410 g/mol. The lowest BCUT2D eigenvalue weighted by Gasteiger charge is -2.16. The Labute approximate surface area is 176 Å². The number of hydrogen-bond donors (Lipinski definition) is 0. The van der Waals surface area contributed by atoms with E-state index >= 15 is 0 Å². The second kappa shape index (κ2) is 9.74. The molecule has 0 N–H and O–H groups in total. The summed E-state index contributed by atoms with van der Waals surface area (Å²) in [7, 11) is 1.64. The van der Waals surface area contributed by atoms with Crippen LogP contribution in [0, 0.1) is 13.8 Å². The van der Waals surface area contributed by atoms with Crippen LogP contribution in [-0.2, 0) is 11.3 Å². The summed E-state index contributed by atoms with van der Waals surface area (Å²) in [4.78, 5) is 14.6. The molecule has 1 aliphatic rings. The van der Waals surface area contributed by atoms with Crippen molar-refractivity contribution in [2.45, 2.75) is 45.4 Å². The summed E-state index contributed by atoms with van der Waals surface area (Å²) < 4.78 is 5.22. The van der Waals surface area contributed by atoms with E-state index < -0.39 is 0 Å². The Morgan fingerprint density at radius 2 is 1.93 bits per heavy atom. The lowest BCUT2D eigenvalue weighted by Crippen LogP contribution is -2.31. The Kier molecular flexibility index (Phi) is 7.09. The van der Waals surface area contributed by atoms with Crippen molar-refractivity contribution in [2.75, 3.05) is 7.11 Å². The fraction of sp³-hybridized carbons (Fsp3) is 0.348. The molecule has 1 heterocycles. The molecule has 6 heteroatoms. The van der Waals surface area contributed by atoms with Crippen LogP contribution in [0.3, 0.4) is 0 Å². The van der Waals surface area contributed by atoms with Crippen LogP contribution < -0.4 is 4.74 Å². The van der Waals surface area contributed by atoms with Crippen LogP contribution in [0.15, 0.2) is 52.7 Å². The second-order valence-corrected chi connectivity index (χ2v) is 8.32. The van der Waals surface area contributed by atoms with Gasteiger partial charge >= 0.3 is 0 Å². The molecule has 0 radical (unpaired) electrons. The van der Waals surface area contributed by atoms with Crippen molar-refractivity contribution in [1.82, 2.24) is 4.90 Å². The monoisotopic (exact) mass is 409 g/mol. The largest absolute Gasteiger partial charge is 0.497 e. The van der Waals surface area contributed by atoms with E-state index in [1.165, 1.54) is 17.3 Å². The number of thioether (sulfide) groups is 1. The Morgan fingerprint density at radius 3 is 2.59 bits per heavy atom. The van der Waals surface area contributed by atoms with Gasteiger partial charge in [0.2, 0.25) is 5.91 Å². The molecule has 1 saturated heterocycles. The number of ether oxygens (including phenoxy) is 1. The molecule has 1 atom stereocenters. The summed E-state index contributed by atoms with van der Waals surface area (Å²) in [6, 6.07) is 14.0. The Bertz CT molecular complexity index is 922. The fourth-order valence-corrected chi connectivity index (χ4v) is 4.41. The molecule has 0 saturated carbocycles.